The highest BCUT2D eigenvalue weighted by atomic mass is 19.4. The molecule has 0 spiro atoms. The zero-order valence-corrected chi connectivity index (χ0v) is 15.3. The normalized spacial score (nSPS) is 11.1. The molecule has 1 heterocycles. The van der Waals surface area contributed by atoms with Crippen LogP contribution < -0.4 is 15.4 Å². The lowest BCUT2D eigenvalue weighted by Gasteiger charge is -2.10. The number of anilines is 2. The Hall–Kier alpha value is -3.73. The minimum atomic E-state index is -4.76. The SMILES string of the molecule is O=C(NCCO)c1cccc(-c2ncnc(Nc3ccc(OC(F)(F)F)cc3)n2)c1. The summed E-state index contributed by atoms with van der Waals surface area (Å²) in [5, 5.41) is 14.2. The Morgan fingerprint density at radius 3 is 2.57 bits per heavy atom. The Bertz CT molecular complexity index is 1010. The number of rotatable bonds is 7. The number of aliphatic hydroxyl groups is 1. The van der Waals surface area contributed by atoms with Gasteiger partial charge in [-0.05, 0) is 36.4 Å². The maximum Gasteiger partial charge on any atom is 0.573 e. The van der Waals surface area contributed by atoms with Crippen LogP contribution in [0.5, 0.6) is 5.75 Å². The summed E-state index contributed by atoms with van der Waals surface area (Å²) in [6, 6.07) is 11.7. The van der Waals surface area contributed by atoms with E-state index in [0.29, 0.717) is 22.6 Å². The van der Waals surface area contributed by atoms with Crippen molar-refractivity contribution in [3.05, 3.63) is 60.4 Å². The molecule has 0 fully saturated rings. The summed E-state index contributed by atoms with van der Waals surface area (Å²) in [7, 11) is 0. The topological polar surface area (TPSA) is 109 Å². The predicted molar refractivity (Wildman–Crippen MR) is 101 cm³/mol. The summed E-state index contributed by atoms with van der Waals surface area (Å²) < 4.78 is 40.5. The summed E-state index contributed by atoms with van der Waals surface area (Å²) >= 11 is 0. The summed E-state index contributed by atoms with van der Waals surface area (Å²) in [6.45, 7) is -0.0348. The molecule has 0 aliphatic carbocycles. The lowest BCUT2D eigenvalue weighted by molar-refractivity contribution is -0.274. The molecule has 156 valence electrons. The highest BCUT2D eigenvalue weighted by Gasteiger charge is 2.30. The van der Waals surface area contributed by atoms with Gasteiger partial charge in [0.2, 0.25) is 5.95 Å². The number of hydrogen-bond donors (Lipinski definition) is 3. The Morgan fingerprint density at radius 1 is 1.10 bits per heavy atom. The van der Waals surface area contributed by atoms with Crippen LogP contribution in [-0.2, 0) is 0 Å². The number of hydrogen-bond acceptors (Lipinski definition) is 7. The van der Waals surface area contributed by atoms with Gasteiger partial charge in [0.1, 0.15) is 12.1 Å². The van der Waals surface area contributed by atoms with Gasteiger partial charge < -0.3 is 20.5 Å². The number of nitrogens with zero attached hydrogens (tertiary/aromatic N) is 3. The molecule has 0 radical (unpaired) electrons. The van der Waals surface area contributed by atoms with Gasteiger partial charge in [0.25, 0.3) is 5.91 Å². The fourth-order valence-electron chi connectivity index (χ4n) is 2.44. The molecule has 0 saturated carbocycles. The van der Waals surface area contributed by atoms with E-state index in [1.807, 2.05) is 0 Å². The second-order valence-electron chi connectivity index (χ2n) is 5.89. The fourth-order valence-corrected chi connectivity index (χ4v) is 2.44. The summed E-state index contributed by atoms with van der Waals surface area (Å²) in [5.74, 6) is -0.235. The van der Waals surface area contributed by atoms with Crippen molar-refractivity contribution in [3.63, 3.8) is 0 Å². The Morgan fingerprint density at radius 2 is 1.87 bits per heavy atom. The van der Waals surface area contributed by atoms with Crippen LogP contribution in [-0.4, -0.2) is 45.5 Å². The van der Waals surface area contributed by atoms with Gasteiger partial charge in [-0.15, -0.1) is 13.2 Å². The number of alkyl halides is 3. The van der Waals surface area contributed by atoms with E-state index >= 15 is 0 Å². The second kappa shape index (κ2) is 9.18. The van der Waals surface area contributed by atoms with Gasteiger partial charge >= 0.3 is 6.36 Å². The zero-order chi connectivity index (χ0) is 21.6. The standard InChI is InChI=1S/C19H16F3N5O3/c20-19(21,22)30-15-6-4-14(5-7-15)26-18-25-11-24-16(27-18)12-2-1-3-13(10-12)17(29)23-8-9-28/h1-7,10-11,28H,8-9H2,(H,23,29)(H,24,25,26,27). The first-order chi connectivity index (χ1) is 14.3. The molecule has 0 aliphatic rings. The minimum Gasteiger partial charge on any atom is -0.406 e. The molecule has 0 saturated heterocycles. The van der Waals surface area contributed by atoms with Gasteiger partial charge in [0, 0.05) is 23.4 Å². The molecule has 1 aromatic heterocycles. The average Bonchev–Trinajstić information content (AvgIpc) is 2.73. The lowest BCUT2D eigenvalue weighted by Crippen LogP contribution is -2.26. The van der Waals surface area contributed by atoms with Crippen LogP contribution in [0.3, 0.4) is 0 Å². The third-order valence-corrected chi connectivity index (χ3v) is 3.70. The van der Waals surface area contributed by atoms with Crippen LogP contribution in [0.2, 0.25) is 0 Å². The molecule has 8 nitrogen and oxygen atoms in total. The Labute approximate surface area is 168 Å². The van der Waals surface area contributed by atoms with Crippen LogP contribution in [0.1, 0.15) is 10.4 Å². The smallest absolute Gasteiger partial charge is 0.406 e. The van der Waals surface area contributed by atoms with Crippen LogP contribution in [0.25, 0.3) is 11.4 Å². The number of aliphatic hydroxyl groups excluding tert-OH is 1. The molecule has 3 N–H and O–H groups in total. The monoisotopic (exact) mass is 419 g/mol. The third kappa shape index (κ3) is 5.88. The Balaban J connectivity index is 1.74. The maximum absolute atomic E-state index is 12.2. The first-order valence-electron chi connectivity index (χ1n) is 8.65. The van der Waals surface area contributed by atoms with Crippen molar-refractivity contribution in [2.75, 3.05) is 18.5 Å². The van der Waals surface area contributed by atoms with Crippen molar-refractivity contribution >= 4 is 17.5 Å². The largest absolute Gasteiger partial charge is 0.573 e. The summed E-state index contributed by atoms with van der Waals surface area (Å²) in [4.78, 5) is 24.4. The van der Waals surface area contributed by atoms with Crippen LogP contribution in [0.15, 0.2) is 54.9 Å². The van der Waals surface area contributed by atoms with Crippen molar-refractivity contribution in [2.45, 2.75) is 6.36 Å². The van der Waals surface area contributed by atoms with E-state index in [1.165, 1.54) is 18.5 Å². The second-order valence-corrected chi connectivity index (χ2v) is 5.89. The fraction of sp³-hybridized carbons (Fsp3) is 0.158. The highest BCUT2D eigenvalue weighted by Crippen LogP contribution is 2.25. The van der Waals surface area contributed by atoms with Gasteiger partial charge in [0.05, 0.1) is 6.61 Å². The summed E-state index contributed by atoms with van der Waals surface area (Å²) in [5.41, 5.74) is 1.38. The van der Waals surface area contributed by atoms with Gasteiger partial charge in [-0.1, -0.05) is 12.1 Å². The maximum atomic E-state index is 12.2. The number of halogens is 3. The minimum absolute atomic E-state index is 0.135. The molecule has 30 heavy (non-hydrogen) atoms. The summed E-state index contributed by atoms with van der Waals surface area (Å²) in [6.07, 6.45) is -3.49. The molecule has 3 rings (SSSR count). The van der Waals surface area contributed by atoms with Gasteiger partial charge in [-0.3, -0.25) is 4.79 Å². The van der Waals surface area contributed by atoms with Crippen LogP contribution in [0, 0.1) is 0 Å². The van der Waals surface area contributed by atoms with Crippen molar-refractivity contribution in [3.8, 4) is 17.1 Å². The Kier molecular flexibility index (Phi) is 6.42. The molecule has 0 bridgehead atoms. The number of ether oxygens (including phenoxy) is 1. The van der Waals surface area contributed by atoms with E-state index in [4.69, 9.17) is 5.11 Å². The van der Waals surface area contributed by atoms with Gasteiger partial charge in [-0.25, -0.2) is 9.97 Å². The third-order valence-electron chi connectivity index (χ3n) is 3.70. The molecule has 11 heteroatoms. The number of carbonyl (C=O) groups is 1. The first kappa shape index (κ1) is 21.0. The van der Waals surface area contributed by atoms with Crippen molar-refractivity contribution in [1.29, 1.82) is 0 Å². The van der Waals surface area contributed by atoms with E-state index in [9.17, 15) is 18.0 Å². The molecular weight excluding hydrogens is 403 g/mol. The highest BCUT2D eigenvalue weighted by molar-refractivity contribution is 5.95. The van der Waals surface area contributed by atoms with Gasteiger partial charge in [-0.2, -0.15) is 4.98 Å². The zero-order valence-electron chi connectivity index (χ0n) is 15.3. The molecule has 0 atom stereocenters. The number of amides is 1. The predicted octanol–water partition coefficient (Wildman–Crippen LogP) is 2.90. The van der Waals surface area contributed by atoms with E-state index in [1.54, 1.807) is 24.3 Å². The molecule has 2 aromatic carbocycles. The van der Waals surface area contributed by atoms with Crippen LogP contribution in [0.4, 0.5) is 24.8 Å². The quantitative estimate of drug-likeness (QED) is 0.540. The van der Waals surface area contributed by atoms with E-state index in [2.05, 4.69) is 30.3 Å². The van der Waals surface area contributed by atoms with E-state index < -0.39 is 6.36 Å². The first-order valence-corrected chi connectivity index (χ1v) is 8.65. The molecule has 0 unspecified atom stereocenters. The molecular formula is C19H16F3N5O3. The average molecular weight is 419 g/mol. The molecule has 1 amide bonds. The molecule has 0 aliphatic heterocycles. The van der Waals surface area contributed by atoms with Gasteiger partial charge in [0.15, 0.2) is 5.82 Å². The number of nitrogens with one attached hydrogen (secondary N) is 2. The van der Waals surface area contributed by atoms with E-state index in [0.717, 1.165) is 12.1 Å². The number of benzene rings is 2. The van der Waals surface area contributed by atoms with E-state index in [-0.39, 0.29) is 30.8 Å². The van der Waals surface area contributed by atoms with Crippen molar-refractivity contribution < 1.29 is 27.8 Å². The lowest BCUT2D eigenvalue weighted by atomic mass is 10.1. The van der Waals surface area contributed by atoms with Crippen LogP contribution >= 0.6 is 0 Å². The van der Waals surface area contributed by atoms with Crippen molar-refractivity contribution in [1.82, 2.24) is 20.3 Å². The number of carbonyl (C=O) groups excluding carboxylic acids is 1. The van der Waals surface area contributed by atoms with Crippen molar-refractivity contribution in [2.24, 2.45) is 0 Å². The molecule has 3 aromatic rings. The number of aromatic nitrogens is 3.